The van der Waals surface area contributed by atoms with Gasteiger partial charge in [-0.3, -0.25) is 9.48 Å². The average molecular weight is 224 g/mol. The quantitative estimate of drug-likeness (QED) is 0.770. The van der Waals surface area contributed by atoms with Crippen molar-refractivity contribution in [3.8, 4) is 0 Å². The van der Waals surface area contributed by atoms with Crippen LogP contribution in [-0.2, 0) is 17.9 Å². The van der Waals surface area contributed by atoms with Crippen LogP contribution < -0.4 is 0 Å². The molecule has 1 amide bonds. The van der Waals surface area contributed by atoms with Crippen LogP contribution in [-0.4, -0.2) is 43.5 Å². The molecular weight excluding hydrogens is 208 g/mol. The summed E-state index contributed by atoms with van der Waals surface area (Å²) >= 11 is 0. The fourth-order valence-electron chi connectivity index (χ4n) is 2.16. The van der Waals surface area contributed by atoms with Crippen molar-refractivity contribution < 1.29 is 9.90 Å². The Labute approximate surface area is 93.9 Å². The van der Waals surface area contributed by atoms with Gasteiger partial charge in [0.1, 0.15) is 5.69 Å². The maximum absolute atomic E-state index is 11.3. The number of hydrogen-bond acceptors (Lipinski definition) is 4. The molecule has 0 saturated carbocycles. The predicted octanol–water partition coefficient (Wildman–Crippen LogP) is -0.219. The normalized spacial score (nSPS) is 20.4. The van der Waals surface area contributed by atoms with E-state index in [-0.39, 0.29) is 18.6 Å². The van der Waals surface area contributed by atoms with E-state index in [1.165, 1.54) is 0 Å². The number of amides is 1. The maximum atomic E-state index is 11.3. The molecule has 6 heteroatoms. The van der Waals surface area contributed by atoms with Gasteiger partial charge in [0.05, 0.1) is 25.4 Å². The lowest BCUT2D eigenvalue weighted by Gasteiger charge is -2.22. The van der Waals surface area contributed by atoms with E-state index in [4.69, 9.17) is 5.11 Å². The van der Waals surface area contributed by atoms with Crippen LogP contribution in [0.25, 0.3) is 0 Å². The summed E-state index contributed by atoms with van der Waals surface area (Å²) in [5, 5.41) is 16.6. The minimum Gasteiger partial charge on any atom is -0.390 e. The molecule has 0 aromatic carbocycles. The first kappa shape index (κ1) is 11.1. The van der Waals surface area contributed by atoms with Gasteiger partial charge in [0.2, 0.25) is 5.91 Å². The summed E-state index contributed by atoms with van der Waals surface area (Å²) in [7, 11) is 0. The number of carbonyl (C=O) groups excluding carboxylic acids is 1. The Morgan fingerprint density at radius 2 is 2.50 bits per heavy atom. The van der Waals surface area contributed by atoms with Crippen LogP contribution in [0, 0.1) is 0 Å². The molecular formula is C10H16N4O2. The van der Waals surface area contributed by atoms with E-state index in [2.05, 4.69) is 10.3 Å². The van der Waals surface area contributed by atoms with Crippen molar-refractivity contribution in [3.63, 3.8) is 0 Å². The van der Waals surface area contributed by atoms with E-state index in [1.807, 2.05) is 4.90 Å². The molecule has 1 atom stereocenters. The lowest BCUT2D eigenvalue weighted by Crippen LogP contribution is -2.36. The zero-order chi connectivity index (χ0) is 11.5. The Hall–Kier alpha value is -1.43. The van der Waals surface area contributed by atoms with Gasteiger partial charge in [-0.05, 0) is 12.8 Å². The number of likely N-dealkylation sites (tertiary alicyclic amines) is 1. The van der Waals surface area contributed by atoms with Gasteiger partial charge in [0.25, 0.3) is 0 Å². The third kappa shape index (κ3) is 2.21. The third-order valence-electron chi connectivity index (χ3n) is 2.93. The Morgan fingerprint density at radius 1 is 1.69 bits per heavy atom. The van der Waals surface area contributed by atoms with Gasteiger partial charge in [0.15, 0.2) is 0 Å². The van der Waals surface area contributed by atoms with E-state index in [0.717, 1.165) is 19.4 Å². The monoisotopic (exact) mass is 224 g/mol. The van der Waals surface area contributed by atoms with Crippen molar-refractivity contribution in [2.24, 2.45) is 0 Å². The van der Waals surface area contributed by atoms with Gasteiger partial charge in [-0.1, -0.05) is 5.21 Å². The third-order valence-corrected chi connectivity index (χ3v) is 2.93. The first-order valence-electron chi connectivity index (χ1n) is 5.48. The Bertz CT molecular complexity index is 377. The van der Waals surface area contributed by atoms with Gasteiger partial charge >= 0.3 is 0 Å². The van der Waals surface area contributed by atoms with Gasteiger partial charge in [-0.15, -0.1) is 5.10 Å². The van der Waals surface area contributed by atoms with E-state index >= 15 is 0 Å². The summed E-state index contributed by atoms with van der Waals surface area (Å²) in [6.07, 6.45) is 3.77. The molecule has 6 nitrogen and oxygen atoms in total. The van der Waals surface area contributed by atoms with Gasteiger partial charge in [-0.25, -0.2) is 0 Å². The average Bonchev–Trinajstić information content (AvgIpc) is 2.87. The second-order valence-corrected chi connectivity index (χ2v) is 4.10. The van der Waals surface area contributed by atoms with Crippen LogP contribution in [0.1, 0.15) is 25.5 Å². The number of hydrogen-bond donors (Lipinski definition) is 1. The van der Waals surface area contributed by atoms with Gasteiger partial charge in [-0.2, -0.15) is 0 Å². The summed E-state index contributed by atoms with van der Waals surface area (Å²) in [5.41, 5.74) is 0.562. The molecule has 1 N–H and O–H groups in total. The standard InChI is InChI=1S/C10H16N4O2/c1-8(16)14-4-2-3-10(14)6-13-5-9(7-15)11-12-13/h5,10,15H,2-4,6-7H2,1H3/t10-/m0/s1. The van der Waals surface area contributed by atoms with Crippen molar-refractivity contribution in [3.05, 3.63) is 11.9 Å². The lowest BCUT2D eigenvalue weighted by molar-refractivity contribution is -0.129. The molecule has 1 saturated heterocycles. The molecule has 0 spiro atoms. The Balaban J connectivity index is 2.00. The van der Waals surface area contributed by atoms with E-state index < -0.39 is 0 Å². The second-order valence-electron chi connectivity index (χ2n) is 4.10. The molecule has 0 unspecified atom stereocenters. The summed E-state index contributed by atoms with van der Waals surface area (Å²) in [5.74, 6) is 0.116. The molecule has 16 heavy (non-hydrogen) atoms. The molecule has 1 fully saturated rings. The summed E-state index contributed by atoms with van der Waals surface area (Å²) in [6, 6.07) is 0.214. The molecule has 1 aromatic heterocycles. The summed E-state index contributed by atoms with van der Waals surface area (Å²) in [4.78, 5) is 13.2. The van der Waals surface area contributed by atoms with Crippen LogP contribution >= 0.6 is 0 Å². The smallest absolute Gasteiger partial charge is 0.219 e. The molecule has 0 radical (unpaired) electrons. The highest BCUT2D eigenvalue weighted by atomic mass is 16.3. The van der Waals surface area contributed by atoms with E-state index in [0.29, 0.717) is 12.2 Å². The summed E-state index contributed by atoms with van der Waals surface area (Å²) in [6.45, 7) is 2.99. The van der Waals surface area contributed by atoms with Crippen LogP contribution in [0.5, 0.6) is 0 Å². The number of carbonyl (C=O) groups is 1. The van der Waals surface area contributed by atoms with E-state index in [1.54, 1.807) is 17.8 Å². The number of aromatic nitrogens is 3. The molecule has 2 rings (SSSR count). The minimum absolute atomic E-state index is 0.0961. The van der Waals surface area contributed by atoms with Crippen molar-refractivity contribution in [1.82, 2.24) is 19.9 Å². The zero-order valence-corrected chi connectivity index (χ0v) is 9.33. The lowest BCUT2D eigenvalue weighted by atomic mass is 10.2. The Kier molecular flexibility index (Phi) is 3.19. The highest BCUT2D eigenvalue weighted by molar-refractivity contribution is 5.73. The van der Waals surface area contributed by atoms with Gasteiger partial charge < -0.3 is 10.0 Å². The molecule has 0 bridgehead atoms. The number of rotatable bonds is 3. The summed E-state index contributed by atoms with van der Waals surface area (Å²) < 4.78 is 1.69. The van der Waals surface area contributed by atoms with Crippen molar-refractivity contribution in [2.45, 2.75) is 39.0 Å². The number of nitrogens with zero attached hydrogens (tertiary/aromatic N) is 4. The highest BCUT2D eigenvalue weighted by Crippen LogP contribution is 2.18. The molecule has 1 aliphatic heterocycles. The molecule has 88 valence electrons. The Morgan fingerprint density at radius 3 is 3.12 bits per heavy atom. The first-order chi connectivity index (χ1) is 7.70. The van der Waals surface area contributed by atoms with Crippen molar-refractivity contribution >= 4 is 5.91 Å². The molecule has 2 heterocycles. The number of aliphatic hydroxyl groups excluding tert-OH is 1. The minimum atomic E-state index is -0.0961. The predicted molar refractivity (Wildman–Crippen MR) is 56.4 cm³/mol. The largest absolute Gasteiger partial charge is 0.390 e. The zero-order valence-electron chi connectivity index (χ0n) is 9.33. The fraction of sp³-hybridized carbons (Fsp3) is 0.700. The van der Waals surface area contributed by atoms with E-state index in [9.17, 15) is 4.79 Å². The maximum Gasteiger partial charge on any atom is 0.219 e. The van der Waals surface area contributed by atoms with Crippen LogP contribution in [0.2, 0.25) is 0 Å². The molecule has 1 aliphatic rings. The molecule has 1 aromatic rings. The highest BCUT2D eigenvalue weighted by Gasteiger charge is 2.26. The number of aliphatic hydroxyl groups is 1. The van der Waals surface area contributed by atoms with Crippen molar-refractivity contribution in [2.75, 3.05) is 6.54 Å². The fourth-order valence-corrected chi connectivity index (χ4v) is 2.16. The van der Waals surface area contributed by atoms with Gasteiger partial charge in [0, 0.05) is 13.5 Å². The van der Waals surface area contributed by atoms with Crippen LogP contribution in [0.3, 0.4) is 0 Å². The van der Waals surface area contributed by atoms with Crippen LogP contribution in [0.15, 0.2) is 6.20 Å². The topological polar surface area (TPSA) is 71.2 Å². The van der Waals surface area contributed by atoms with Crippen LogP contribution in [0.4, 0.5) is 0 Å². The van der Waals surface area contributed by atoms with Crippen molar-refractivity contribution in [1.29, 1.82) is 0 Å². The first-order valence-corrected chi connectivity index (χ1v) is 5.48. The second kappa shape index (κ2) is 4.61. The SMILES string of the molecule is CC(=O)N1CCC[C@H]1Cn1cc(CO)nn1. The molecule has 0 aliphatic carbocycles.